The standard InChI is InChI=1S/C21H30N4O2/c26-20-14-19(15-21(27)25(20)18-4-2-1-3-5-18)24-10-6-17(7-11-24)16-23-12-8-22-9-13-23/h1-5,17,19,22H,6-16H2. The van der Waals surface area contributed by atoms with Crippen molar-refractivity contribution in [2.24, 2.45) is 5.92 Å². The van der Waals surface area contributed by atoms with Crippen LogP contribution in [0.4, 0.5) is 5.69 Å². The van der Waals surface area contributed by atoms with Gasteiger partial charge < -0.3 is 10.2 Å². The molecule has 1 N–H and O–H groups in total. The fraction of sp³-hybridized carbons (Fsp3) is 0.619. The van der Waals surface area contributed by atoms with Gasteiger partial charge in [0.05, 0.1) is 5.69 Å². The van der Waals surface area contributed by atoms with E-state index in [0.717, 1.165) is 45.2 Å². The number of benzene rings is 1. The molecular formula is C21H30N4O2. The summed E-state index contributed by atoms with van der Waals surface area (Å²) in [6.45, 7) is 7.72. The smallest absolute Gasteiger partial charge is 0.235 e. The monoisotopic (exact) mass is 370 g/mol. The highest BCUT2D eigenvalue weighted by Gasteiger charge is 2.37. The Labute approximate surface area is 161 Å². The van der Waals surface area contributed by atoms with E-state index in [-0.39, 0.29) is 17.9 Å². The first kappa shape index (κ1) is 18.6. The lowest BCUT2D eigenvalue weighted by atomic mass is 9.92. The molecule has 4 rings (SSSR count). The van der Waals surface area contributed by atoms with Crippen LogP contribution in [0.1, 0.15) is 25.7 Å². The van der Waals surface area contributed by atoms with Gasteiger partial charge in [-0.15, -0.1) is 0 Å². The maximum atomic E-state index is 12.7. The molecule has 2 amide bonds. The highest BCUT2D eigenvalue weighted by molar-refractivity contribution is 6.16. The number of piperidine rings is 2. The van der Waals surface area contributed by atoms with Gasteiger partial charge in [-0.3, -0.25) is 19.4 Å². The second-order valence-corrected chi connectivity index (χ2v) is 8.05. The van der Waals surface area contributed by atoms with Crippen molar-refractivity contribution >= 4 is 17.5 Å². The largest absolute Gasteiger partial charge is 0.314 e. The number of carbonyl (C=O) groups is 2. The minimum absolute atomic E-state index is 0.0645. The number of nitrogens with one attached hydrogen (secondary N) is 1. The van der Waals surface area contributed by atoms with E-state index in [2.05, 4.69) is 15.1 Å². The molecule has 0 radical (unpaired) electrons. The van der Waals surface area contributed by atoms with Gasteiger partial charge in [-0.25, -0.2) is 0 Å². The molecule has 27 heavy (non-hydrogen) atoms. The zero-order valence-corrected chi connectivity index (χ0v) is 16.0. The molecule has 0 spiro atoms. The van der Waals surface area contributed by atoms with Gasteiger partial charge in [0, 0.05) is 51.6 Å². The van der Waals surface area contributed by atoms with E-state index in [0.29, 0.717) is 18.5 Å². The van der Waals surface area contributed by atoms with Crippen molar-refractivity contribution in [3.05, 3.63) is 30.3 Å². The first-order valence-corrected chi connectivity index (χ1v) is 10.3. The van der Waals surface area contributed by atoms with Gasteiger partial charge in [-0.2, -0.15) is 0 Å². The first-order valence-electron chi connectivity index (χ1n) is 10.3. The van der Waals surface area contributed by atoms with E-state index in [4.69, 9.17) is 0 Å². The number of nitrogens with zero attached hydrogens (tertiary/aromatic N) is 3. The summed E-state index contributed by atoms with van der Waals surface area (Å²) >= 11 is 0. The quantitative estimate of drug-likeness (QED) is 0.811. The molecule has 6 heteroatoms. The van der Waals surface area contributed by atoms with E-state index in [1.165, 1.54) is 24.3 Å². The lowest BCUT2D eigenvalue weighted by Gasteiger charge is -2.41. The highest BCUT2D eigenvalue weighted by atomic mass is 16.2. The van der Waals surface area contributed by atoms with Crippen LogP contribution in [0.15, 0.2) is 30.3 Å². The molecule has 3 saturated heterocycles. The molecule has 146 valence electrons. The van der Waals surface area contributed by atoms with Gasteiger partial charge in [0.1, 0.15) is 0 Å². The number of anilines is 1. The average Bonchev–Trinajstić information content (AvgIpc) is 2.70. The number of para-hydroxylation sites is 1. The average molecular weight is 370 g/mol. The Morgan fingerprint density at radius 1 is 0.889 bits per heavy atom. The van der Waals surface area contributed by atoms with Crippen molar-refractivity contribution in [3.63, 3.8) is 0 Å². The van der Waals surface area contributed by atoms with Gasteiger partial charge in [0.2, 0.25) is 11.8 Å². The van der Waals surface area contributed by atoms with E-state index in [1.54, 1.807) is 0 Å². The Bertz CT molecular complexity index is 633. The van der Waals surface area contributed by atoms with Crippen LogP contribution in [0.2, 0.25) is 0 Å². The Kier molecular flexibility index (Phi) is 5.86. The number of imide groups is 1. The van der Waals surface area contributed by atoms with Gasteiger partial charge in [-0.05, 0) is 44.0 Å². The molecule has 0 unspecified atom stereocenters. The second-order valence-electron chi connectivity index (χ2n) is 8.05. The number of piperazine rings is 1. The van der Waals surface area contributed by atoms with Crippen LogP contribution in [0.25, 0.3) is 0 Å². The summed E-state index contributed by atoms with van der Waals surface area (Å²) in [7, 11) is 0. The summed E-state index contributed by atoms with van der Waals surface area (Å²) in [6.07, 6.45) is 3.24. The van der Waals surface area contributed by atoms with Crippen molar-refractivity contribution in [1.29, 1.82) is 0 Å². The predicted molar refractivity (Wildman–Crippen MR) is 106 cm³/mol. The van der Waals surface area contributed by atoms with Crippen LogP contribution in [-0.4, -0.2) is 73.5 Å². The molecule has 1 aromatic rings. The van der Waals surface area contributed by atoms with Crippen molar-refractivity contribution in [3.8, 4) is 0 Å². The minimum atomic E-state index is -0.0645. The number of hydrogen-bond donors (Lipinski definition) is 1. The van der Waals surface area contributed by atoms with Crippen molar-refractivity contribution in [2.75, 3.05) is 50.7 Å². The Hall–Kier alpha value is -1.76. The molecule has 3 aliphatic heterocycles. The summed E-state index contributed by atoms with van der Waals surface area (Å²) < 4.78 is 0. The first-order chi connectivity index (χ1) is 13.2. The molecule has 1 aromatic carbocycles. The molecule has 0 saturated carbocycles. The van der Waals surface area contributed by atoms with Crippen molar-refractivity contribution < 1.29 is 9.59 Å². The van der Waals surface area contributed by atoms with Crippen molar-refractivity contribution in [1.82, 2.24) is 15.1 Å². The third-order valence-electron chi connectivity index (χ3n) is 6.23. The van der Waals surface area contributed by atoms with Gasteiger partial charge in [0.15, 0.2) is 0 Å². The van der Waals surface area contributed by atoms with Crippen LogP contribution in [-0.2, 0) is 9.59 Å². The predicted octanol–water partition coefficient (Wildman–Crippen LogP) is 1.33. The summed E-state index contributed by atoms with van der Waals surface area (Å²) in [5.41, 5.74) is 0.695. The normalized spacial score (nSPS) is 24.5. The van der Waals surface area contributed by atoms with Gasteiger partial charge >= 0.3 is 0 Å². The van der Waals surface area contributed by atoms with Crippen molar-refractivity contribution in [2.45, 2.75) is 31.7 Å². The van der Waals surface area contributed by atoms with E-state index < -0.39 is 0 Å². The van der Waals surface area contributed by atoms with E-state index in [9.17, 15) is 9.59 Å². The third-order valence-corrected chi connectivity index (χ3v) is 6.23. The highest BCUT2D eigenvalue weighted by Crippen LogP contribution is 2.28. The molecule has 0 aromatic heterocycles. The lowest BCUT2D eigenvalue weighted by molar-refractivity contribution is -0.131. The van der Waals surface area contributed by atoms with E-state index >= 15 is 0 Å². The molecule has 3 fully saturated rings. The molecule has 0 aliphatic carbocycles. The summed E-state index contributed by atoms with van der Waals surface area (Å²) in [5, 5.41) is 3.41. The van der Waals surface area contributed by atoms with E-state index in [1.807, 2.05) is 30.3 Å². The van der Waals surface area contributed by atoms with Crippen LogP contribution >= 0.6 is 0 Å². The summed E-state index contributed by atoms with van der Waals surface area (Å²) in [4.78, 5) is 31.6. The minimum Gasteiger partial charge on any atom is -0.314 e. The molecule has 0 bridgehead atoms. The second kappa shape index (κ2) is 8.50. The number of likely N-dealkylation sites (tertiary alicyclic amines) is 1. The van der Waals surface area contributed by atoms with Crippen LogP contribution in [0.3, 0.4) is 0 Å². The Balaban J connectivity index is 1.29. The number of hydrogen-bond acceptors (Lipinski definition) is 5. The van der Waals surface area contributed by atoms with Crippen LogP contribution in [0, 0.1) is 5.92 Å². The number of rotatable bonds is 4. The number of carbonyl (C=O) groups excluding carboxylic acids is 2. The summed E-state index contributed by atoms with van der Waals surface area (Å²) in [5.74, 6) is 0.617. The fourth-order valence-electron chi connectivity index (χ4n) is 4.68. The molecule has 6 nitrogen and oxygen atoms in total. The zero-order chi connectivity index (χ0) is 18.6. The van der Waals surface area contributed by atoms with Crippen LogP contribution < -0.4 is 10.2 Å². The SMILES string of the molecule is O=C1CC(N2CCC(CN3CCNCC3)CC2)CC(=O)N1c1ccccc1. The topological polar surface area (TPSA) is 55.9 Å². The zero-order valence-electron chi connectivity index (χ0n) is 16.0. The Morgan fingerprint density at radius 2 is 1.52 bits per heavy atom. The molecule has 0 atom stereocenters. The molecule has 3 heterocycles. The Morgan fingerprint density at radius 3 is 2.15 bits per heavy atom. The third kappa shape index (κ3) is 4.39. The summed E-state index contributed by atoms with van der Waals surface area (Å²) in [6, 6.07) is 9.37. The lowest BCUT2D eigenvalue weighted by Crippen LogP contribution is -2.53. The molecular weight excluding hydrogens is 340 g/mol. The maximum absolute atomic E-state index is 12.7. The maximum Gasteiger partial charge on any atom is 0.235 e. The molecule has 3 aliphatic rings. The van der Waals surface area contributed by atoms with Gasteiger partial charge in [0.25, 0.3) is 0 Å². The fourth-order valence-corrected chi connectivity index (χ4v) is 4.68. The van der Waals surface area contributed by atoms with Crippen LogP contribution in [0.5, 0.6) is 0 Å². The van der Waals surface area contributed by atoms with Gasteiger partial charge in [-0.1, -0.05) is 18.2 Å². The number of amides is 2.